The van der Waals surface area contributed by atoms with Gasteiger partial charge in [-0.3, -0.25) is 0 Å². The predicted molar refractivity (Wildman–Crippen MR) is 101 cm³/mol. The molecule has 0 aliphatic carbocycles. The molecule has 3 rings (SSSR count). The summed E-state index contributed by atoms with van der Waals surface area (Å²) in [6.07, 6.45) is 3.34. The molecule has 0 amide bonds. The van der Waals surface area contributed by atoms with Gasteiger partial charge < -0.3 is 9.32 Å². The van der Waals surface area contributed by atoms with E-state index >= 15 is 0 Å². The van der Waals surface area contributed by atoms with Gasteiger partial charge in [0.1, 0.15) is 11.5 Å². The summed E-state index contributed by atoms with van der Waals surface area (Å²) in [4.78, 5) is 2.37. The van der Waals surface area contributed by atoms with Gasteiger partial charge in [-0.2, -0.15) is 0 Å². The lowest BCUT2D eigenvalue weighted by molar-refractivity contribution is 0.415. The monoisotopic (exact) mass is 341 g/mol. The van der Waals surface area contributed by atoms with Gasteiger partial charge in [0.25, 0.3) is 0 Å². The van der Waals surface area contributed by atoms with Crippen LogP contribution in [0.2, 0.25) is 5.02 Å². The molecule has 0 saturated carbocycles. The lowest BCUT2D eigenvalue weighted by Gasteiger charge is -2.34. The van der Waals surface area contributed by atoms with Crippen molar-refractivity contribution in [2.75, 3.05) is 6.54 Å². The van der Waals surface area contributed by atoms with Crippen molar-refractivity contribution in [1.82, 2.24) is 4.90 Å². The molecule has 1 aliphatic heterocycles. The number of nitrogens with zero attached hydrogens (tertiary/aromatic N) is 1. The van der Waals surface area contributed by atoms with E-state index < -0.39 is 0 Å². The molecule has 1 aromatic heterocycles. The van der Waals surface area contributed by atoms with Gasteiger partial charge in [-0.25, -0.2) is 0 Å². The summed E-state index contributed by atoms with van der Waals surface area (Å²) in [6, 6.07) is 11.9. The van der Waals surface area contributed by atoms with Crippen LogP contribution >= 0.6 is 11.6 Å². The van der Waals surface area contributed by atoms with Gasteiger partial charge in [0.15, 0.2) is 0 Å². The SMILES string of the molecule is CCC1=C(C)N(CC)C(C)=CC1c1ccc(-c2ccc(Cl)cc2)o1. The summed E-state index contributed by atoms with van der Waals surface area (Å²) in [7, 11) is 0. The first kappa shape index (κ1) is 16.9. The van der Waals surface area contributed by atoms with Crippen LogP contribution in [-0.2, 0) is 0 Å². The van der Waals surface area contributed by atoms with E-state index in [1.165, 1.54) is 17.0 Å². The van der Waals surface area contributed by atoms with Crippen molar-refractivity contribution in [3.8, 4) is 11.3 Å². The molecule has 0 bridgehead atoms. The van der Waals surface area contributed by atoms with E-state index in [-0.39, 0.29) is 5.92 Å². The summed E-state index contributed by atoms with van der Waals surface area (Å²) in [5.41, 5.74) is 5.13. The van der Waals surface area contributed by atoms with Gasteiger partial charge in [-0.05, 0) is 69.2 Å². The van der Waals surface area contributed by atoms with Crippen molar-refractivity contribution < 1.29 is 4.42 Å². The van der Waals surface area contributed by atoms with Crippen LogP contribution < -0.4 is 0 Å². The number of furan rings is 1. The fourth-order valence-electron chi connectivity index (χ4n) is 3.60. The molecule has 2 nitrogen and oxygen atoms in total. The third kappa shape index (κ3) is 3.03. The zero-order chi connectivity index (χ0) is 17.3. The number of benzene rings is 1. The van der Waals surface area contributed by atoms with Gasteiger partial charge in [0.05, 0.1) is 5.92 Å². The molecule has 0 saturated heterocycles. The molecule has 1 aliphatic rings. The molecule has 1 unspecified atom stereocenters. The largest absolute Gasteiger partial charge is 0.460 e. The smallest absolute Gasteiger partial charge is 0.134 e. The van der Waals surface area contributed by atoms with Crippen LogP contribution in [-0.4, -0.2) is 11.4 Å². The van der Waals surface area contributed by atoms with Crippen LogP contribution in [0.1, 0.15) is 45.8 Å². The fourth-order valence-corrected chi connectivity index (χ4v) is 3.73. The van der Waals surface area contributed by atoms with E-state index in [1.807, 2.05) is 24.3 Å². The quantitative estimate of drug-likeness (QED) is 0.622. The summed E-state index contributed by atoms with van der Waals surface area (Å²) < 4.78 is 6.21. The van der Waals surface area contributed by atoms with E-state index in [1.54, 1.807) is 0 Å². The molecule has 0 fully saturated rings. The Bertz CT molecular complexity index is 782. The second-order valence-electron chi connectivity index (χ2n) is 6.20. The molecular weight excluding hydrogens is 318 g/mol. The van der Waals surface area contributed by atoms with Crippen molar-refractivity contribution in [3.63, 3.8) is 0 Å². The molecule has 0 N–H and O–H groups in total. The number of hydrogen-bond donors (Lipinski definition) is 0. The zero-order valence-electron chi connectivity index (χ0n) is 14.8. The first-order valence-corrected chi connectivity index (χ1v) is 8.94. The van der Waals surface area contributed by atoms with Gasteiger partial charge in [-0.1, -0.05) is 24.6 Å². The number of halogens is 1. The Morgan fingerprint density at radius 2 is 1.75 bits per heavy atom. The number of hydrogen-bond acceptors (Lipinski definition) is 2. The highest BCUT2D eigenvalue weighted by molar-refractivity contribution is 6.30. The zero-order valence-corrected chi connectivity index (χ0v) is 15.5. The molecule has 2 heterocycles. The van der Waals surface area contributed by atoms with E-state index in [2.05, 4.69) is 50.8 Å². The van der Waals surface area contributed by atoms with Crippen LogP contribution in [0.4, 0.5) is 0 Å². The van der Waals surface area contributed by atoms with E-state index in [4.69, 9.17) is 16.0 Å². The highest BCUT2D eigenvalue weighted by Gasteiger charge is 2.26. The fraction of sp³-hybridized carbons (Fsp3) is 0.333. The van der Waals surface area contributed by atoms with Crippen LogP contribution in [0.5, 0.6) is 0 Å². The third-order valence-electron chi connectivity index (χ3n) is 4.84. The second-order valence-corrected chi connectivity index (χ2v) is 6.64. The Morgan fingerprint density at radius 1 is 1.04 bits per heavy atom. The highest BCUT2D eigenvalue weighted by atomic mass is 35.5. The van der Waals surface area contributed by atoms with Crippen LogP contribution in [0.15, 0.2) is 63.9 Å². The first-order valence-electron chi connectivity index (χ1n) is 8.56. The Kier molecular flexibility index (Phi) is 4.86. The van der Waals surface area contributed by atoms with Crippen LogP contribution in [0.3, 0.4) is 0 Å². The lowest BCUT2D eigenvalue weighted by Crippen LogP contribution is -2.26. The van der Waals surface area contributed by atoms with Crippen molar-refractivity contribution in [2.24, 2.45) is 0 Å². The Hall–Kier alpha value is -1.93. The maximum Gasteiger partial charge on any atom is 0.134 e. The van der Waals surface area contributed by atoms with Gasteiger partial charge in [0, 0.05) is 28.5 Å². The Morgan fingerprint density at radius 3 is 2.38 bits per heavy atom. The molecule has 3 heteroatoms. The summed E-state index contributed by atoms with van der Waals surface area (Å²) in [5.74, 6) is 2.11. The number of allylic oxidation sites excluding steroid dienone is 4. The average molecular weight is 342 g/mol. The van der Waals surface area contributed by atoms with E-state index in [0.29, 0.717) is 0 Å². The highest BCUT2D eigenvalue weighted by Crippen LogP contribution is 2.39. The van der Waals surface area contributed by atoms with Crippen molar-refractivity contribution in [2.45, 2.75) is 40.0 Å². The third-order valence-corrected chi connectivity index (χ3v) is 5.09. The Labute approximate surface area is 149 Å². The Balaban J connectivity index is 1.97. The molecule has 24 heavy (non-hydrogen) atoms. The van der Waals surface area contributed by atoms with Crippen LogP contribution in [0.25, 0.3) is 11.3 Å². The average Bonchev–Trinajstić information content (AvgIpc) is 3.05. The standard InChI is InChI=1S/C21H24ClNO/c1-5-18-15(4)23(6-2)14(3)13-19(18)21-12-11-20(24-21)16-7-9-17(22)10-8-16/h7-13,19H,5-6H2,1-4H3. The molecule has 0 spiro atoms. The summed E-state index contributed by atoms with van der Waals surface area (Å²) >= 11 is 5.97. The number of rotatable bonds is 4. The van der Waals surface area contributed by atoms with Crippen molar-refractivity contribution in [3.05, 3.63) is 70.2 Å². The van der Waals surface area contributed by atoms with Gasteiger partial charge in [0.2, 0.25) is 0 Å². The van der Waals surface area contributed by atoms with E-state index in [0.717, 1.165) is 35.1 Å². The molecule has 1 aromatic carbocycles. The summed E-state index contributed by atoms with van der Waals surface area (Å²) in [6.45, 7) is 9.81. The van der Waals surface area contributed by atoms with E-state index in [9.17, 15) is 0 Å². The van der Waals surface area contributed by atoms with Crippen molar-refractivity contribution in [1.29, 1.82) is 0 Å². The minimum absolute atomic E-state index is 0.221. The summed E-state index contributed by atoms with van der Waals surface area (Å²) in [5, 5.41) is 0.739. The van der Waals surface area contributed by atoms with Crippen molar-refractivity contribution >= 4 is 11.6 Å². The molecule has 0 radical (unpaired) electrons. The van der Waals surface area contributed by atoms with Gasteiger partial charge >= 0.3 is 0 Å². The molecule has 2 aromatic rings. The van der Waals surface area contributed by atoms with Gasteiger partial charge in [-0.15, -0.1) is 0 Å². The minimum Gasteiger partial charge on any atom is -0.460 e. The molecular formula is C21H24ClNO. The topological polar surface area (TPSA) is 16.4 Å². The second kappa shape index (κ2) is 6.90. The predicted octanol–water partition coefficient (Wildman–Crippen LogP) is 6.61. The molecule has 126 valence electrons. The van der Waals surface area contributed by atoms with Crippen LogP contribution in [0, 0.1) is 0 Å². The maximum absolute atomic E-state index is 6.21. The maximum atomic E-state index is 6.21. The molecule has 1 atom stereocenters. The minimum atomic E-state index is 0.221. The lowest BCUT2D eigenvalue weighted by atomic mass is 9.88. The normalized spacial score (nSPS) is 18.1. The first-order chi connectivity index (χ1) is 11.5.